The summed E-state index contributed by atoms with van der Waals surface area (Å²) in [6.45, 7) is 0.490. The van der Waals surface area contributed by atoms with Gasteiger partial charge in [0.2, 0.25) is 0 Å². The number of para-hydroxylation sites is 1. The van der Waals surface area contributed by atoms with Crippen molar-refractivity contribution in [3.05, 3.63) is 102 Å². The van der Waals surface area contributed by atoms with E-state index in [0.717, 1.165) is 29.8 Å². The van der Waals surface area contributed by atoms with E-state index in [-0.39, 0.29) is 11.9 Å². The Morgan fingerprint density at radius 1 is 0.812 bits per heavy atom. The van der Waals surface area contributed by atoms with E-state index in [0.29, 0.717) is 12.5 Å². The van der Waals surface area contributed by atoms with Gasteiger partial charge in [-0.15, -0.1) is 0 Å². The van der Waals surface area contributed by atoms with E-state index >= 15 is 0 Å². The van der Waals surface area contributed by atoms with E-state index in [1.807, 2.05) is 30.3 Å². The van der Waals surface area contributed by atoms with E-state index in [9.17, 15) is 4.79 Å². The second-order valence-electron chi connectivity index (χ2n) is 8.75. The molecule has 0 bridgehead atoms. The summed E-state index contributed by atoms with van der Waals surface area (Å²) >= 11 is 0. The van der Waals surface area contributed by atoms with Crippen LogP contribution in [0.4, 0.5) is 10.5 Å². The average molecular weight is 424 g/mol. The molecule has 0 spiro atoms. The van der Waals surface area contributed by atoms with E-state index in [1.54, 1.807) is 5.01 Å². The summed E-state index contributed by atoms with van der Waals surface area (Å²) in [6.07, 6.45) is 6.01. The topological polar surface area (TPSA) is 44.7 Å². The average Bonchev–Trinajstić information content (AvgIpc) is 3.00. The van der Waals surface area contributed by atoms with Gasteiger partial charge in [-0.25, -0.2) is 9.80 Å². The molecule has 4 heteroatoms. The molecule has 5 rings (SSSR count). The molecule has 0 atom stereocenters. The van der Waals surface area contributed by atoms with Crippen LogP contribution in [0, 0.1) is 5.92 Å². The van der Waals surface area contributed by atoms with Gasteiger partial charge in [0, 0.05) is 17.4 Å². The smallest absolute Gasteiger partial charge is 0.306 e. The van der Waals surface area contributed by atoms with Crippen molar-refractivity contribution in [1.82, 2.24) is 5.01 Å². The van der Waals surface area contributed by atoms with Gasteiger partial charge in [0.1, 0.15) is 0 Å². The number of benzene rings is 3. The SMILES string of the molecule is O=C1Nc2ccccc2C(C2CCCCC2)=NN1CC(c1ccccc1)c1ccccc1. The van der Waals surface area contributed by atoms with Crippen molar-refractivity contribution in [3.63, 3.8) is 0 Å². The van der Waals surface area contributed by atoms with Gasteiger partial charge in [0.25, 0.3) is 0 Å². The molecular weight excluding hydrogens is 394 g/mol. The standard InChI is InChI=1S/C28H29N3O/c32-28-29-26-19-11-10-18-24(26)27(23-16-8-3-9-17-23)30-31(28)20-25(21-12-4-1-5-13-21)22-14-6-2-7-15-22/h1-2,4-7,10-15,18-19,23,25H,3,8-9,16-17,20H2,(H,29,32). The molecule has 1 saturated carbocycles. The summed E-state index contributed by atoms with van der Waals surface area (Å²) < 4.78 is 0. The van der Waals surface area contributed by atoms with Gasteiger partial charge in [-0.05, 0) is 30.0 Å². The number of carbonyl (C=O) groups excluding carboxylic acids is 1. The Morgan fingerprint density at radius 2 is 1.41 bits per heavy atom. The Labute approximate surface area is 190 Å². The third-order valence-electron chi connectivity index (χ3n) is 6.66. The summed E-state index contributed by atoms with van der Waals surface area (Å²) in [5.41, 5.74) is 5.34. The molecule has 162 valence electrons. The number of fused-ring (bicyclic) bond motifs is 1. The van der Waals surface area contributed by atoms with Gasteiger partial charge < -0.3 is 5.32 Å². The molecule has 0 unspecified atom stereocenters. The van der Waals surface area contributed by atoms with Crippen LogP contribution in [0.5, 0.6) is 0 Å². The third kappa shape index (κ3) is 4.31. The first-order chi connectivity index (χ1) is 15.8. The minimum absolute atomic E-state index is 0.0423. The summed E-state index contributed by atoms with van der Waals surface area (Å²) in [5, 5.41) is 9.83. The molecule has 0 radical (unpaired) electrons. The molecule has 2 aliphatic rings. The highest BCUT2D eigenvalue weighted by molar-refractivity contribution is 6.10. The molecular formula is C28H29N3O. The molecule has 3 aromatic rings. The van der Waals surface area contributed by atoms with Crippen LogP contribution in [0.2, 0.25) is 0 Å². The van der Waals surface area contributed by atoms with Crippen LogP contribution >= 0.6 is 0 Å². The number of nitrogens with one attached hydrogen (secondary N) is 1. The van der Waals surface area contributed by atoms with Crippen LogP contribution in [0.15, 0.2) is 90.0 Å². The number of amides is 2. The number of nitrogens with zero attached hydrogens (tertiary/aromatic N) is 2. The van der Waals surface area contributed by atoms with Gasteiger partial charge in [-0.2, -0.15) is 5.10 Å². The lowest BCUT2D eigenvalue weighted by atomic mass is 9.83. The summed E-state index contributed by atoms with van der Waals surface area (Å²) in [5.74, 6) is 0.438. The van der Waals surface area contributed by atoms with E-state index in [2.05, 4.69) is 59.9 Å². The zero-order valence-corrected chi connectivity index (χ0v) is 18.3. The summed E-state index contributed by atoms with van der Waals surface area (Å²) in [7, 11) is 0. The predicted octanol–water partition coefficient (Wildman–Crippen LogP) is 6.65. The van der Waals surface area contributed by atoms with Crippen LogP contribution in [0.1, 0.15) is 54.7 Å². The van der Waals surface area contributed by atoms with Crippen LogP contribution in [-0.2, 0) is 0 Å². The minimum atomic E-state index is -0.167. The first-order valence-corrected chi connectivity index (χ1v) is 11.7. The predicted molar refractivity (Wildman–Crippen MR) is 130 cm³/mol. The number of hydrogen-bond acceptors (Lipinski definition) is 2. The molecule has 32 heavy (non-hydrogen) atoms. The Kier molecular flexibility index (Phi) is 6.02. The van der Waals surface area contributed by atoms with Crippen LogP contribution in [0.3, 0.4) is 0 Å². The maximum atomic E-state index is 13.3. The molecule has 1 N–H and O–H groups in total. The fourth-order valence-electron chi connectivity index (χ4n) is 4.97. The second kappa shape index (κ2) is 9.39. The number of rotatable bonds is 5. The number of hydrogen-bond donors (Lipinski definition) is 1. The fourth-order valence-corrected chi connectivity index (χ4v) is 4.97. The van der Waals surface area contributed by atoms with E-state index in [4.69, 9.17) is 5.10 Å². The van der Waals surface area contributed by atoms with Crippen molar-refractivity contribution in [2.45, 2.75) is 38.0 Å². The van der Waals surface area contributed by atoms with Crippen molar-refractivity contribution in [2.75, 3.05) is 11.9 Å². The highest BCUT2D eigenvalue weighted by Gasteiger charge is 2.30. The zero-order chi connectivity index (χ0) is 21.8. The molecule has 0 aromatic heterocycles. The van der Waals surface area contributed by atoms with Crippen LogP contribution in [-0.4, -0.2) is 23.3 Å². The monoisotopic (exact) mass is 423 g/mol. The minimum Gasteiger partial charge on any atom is -0.306 e. The third-order valence-corrected chi connectivity index (χ3v) is 6.66. The Hall–Kier alpha value is -3.40. The van der Waals surface area contributed by atoms with Crippen molar-refractivity contribution >= 4 is 17.4 Å². The molecule has 1 fully saturated rings. The van der Waals surface area contributed by atoms with Crippen molar-refractivity contribution < 1.29 is 4.79 Å². The van der Waals surface area contributed by atoms with Crippen molar-refractivity contribution in [1.29, 1.82) is 0 Å². The maximum Gasteiger partial charge on any atom is 0.342 e. The molecule has 3 aromatic carbocycles. The van der Waals surface area contributed by atoms with Gasteiger partial charge in [-0.1, -0.05) is 98.1 Å². The fraction of sp³-hybridized carbons (Fsp3) is 0.286. The molecule has 1 aliphatic carbocycles. The summed E-state index contributed by atoms with van der Waals surface area (Å²) in [4.78, 5) is 13.3. The molecule has 1 aliphatic heterocycles. The Morgan fingerprint density at radius 3 is 2.06 bits per heavy atom. The number of hydrazone groups is 1. The Balaban J connectivity index is 1.54. The van der Waals surface area contributed by atoms with Crippen molar-refractivity contribution in [2.24, 2.45) is 11.0 Å². The Bertz CT molecular complexity index is 1050. The van der Waals surface area contributed by atoms with E-state index in [1.165, 1.54) is 30.4 Å². The number of anilines is 1. The highest BCUT2D eigenvalue weighted by atomic mass is 16.2. The lowest BCUT2D eigenvalue weighted by Crippen LogP contribution is -2.34. The number of urea groups is 1. The van der Waals surface area contributed by atoms with E-state index < -0.39 is 0 Å². The molecule has 4 nitrogen and oxygen atoms in total. The zero-order valence-electron chi connectivity index (χ0n) is 18.3. The van der Waals surface area contributed by atoms with Gasteiger partial charge >= 0.3 is 6.03 Å². The largest absolute Gasteiger partial charge is 0.342 e. The molecule has 1 heterocycles. The van der Waals surface area contributed by atoms with Crippen LogP contribution in [0.25, 0.3) is 0 Å². The van der Waals surface area contributed by atoms with Gasteiger partial charge in [0.05, 0.1) is 17.9 Å². The number of carbonyl (C=O) groups is 1. The van der Waals surface area contributed by atoms with Gasteiger partial charge in [0.15, 0.2) is 0 Å². The first kappa shape index (κ1) is 20.5. The highest BCUT2D eigenvalue weighted by Crippen LogP contribution is 2.33. The lowest BCUT2D eigenvalue weighted by Gasteiger charge is -2.27. The van der Waals surface area contributed by atoms with Crippen LogP contribution < -0.4 is 5.32 Å². The first-order valence-electron chi connectivity index (χ1n) is 11.7. The van der Waals surface area contributed by atoms with Gasteiger partial charge in [-0.3, -0.25) is 0 Å². The molecule has 0 saturated heterocycles. The molecule has 2 amide bonds. The van der Waals surface area contributed by atoms with Crippen molar-refractivity contribution in [3.8, 4) is 0 Å². The maximum absolute atomic E-state index is 13.3. The lowest BCUT2D eigenvalue weighted by molar-refractivity contribution is 0.212. The normalized spacial score (nSPS) is 16.8. The quantitative estimate of drug-likeness (QED) is 0.490. The second-order valence-corrected chi connectivity index (χ2v) is 8.75. The summed E-state index contributed by atoms with van der Waals surface area (Å²) in [6, 6.07) is 28.7.